The summed E-state index contributed by atoms with van der Waals surface area (Å²) in [4.78, 5) is 49.5. The number of para-hydroxylation sites is 1. The number of aliphatic carboxylic acids is 1. The van der Waals surface area contributed by atoms with Crippen LogP contribution in [-0.2, 0) is 14.4 Å². The average Bonchev–Trinajstić information content (AvgIpc) is 2.71. The second-order valence-corrected chi connectivity index (χ2v) is 7.62. The number of carbonyl (C=O) groups is 4. The van der Waals surface area contributed by atoms with Gasteiger partial charge in [0.1, 0.15) is 5.57 Å². The van der Waals surface area contributed by atoms with Crippen molar-refractivity contribution in [2.24, 2.45) is 0 Å². The third-order valence-electron chi connectivity index (χ3n) is 4.36. The molecule has 0 aromatic heterocycles. The molecule has 0 bridgehead atoms. The molecule has 0 radical (unpaired) electrons. The molecule has 1 aliphatic rings. The van der Waals surface area contributed by atoms with Gasteiger partial charge in [0.05, 0.1) is 16.4 Å². The smallest absolute Gasteiger partial charge is 0.341 e. The fourth-order valence-corrected chi connectivity index (χ4v) is 3.74. The topological polar surface area (TPSA) is 122 Å². The van der Waals surface area contributed by atoms with Crippen molar-refractivity contribution in [2.45, 2.75) is 6.92 Å². The molecule has 2 N–H and O–H groups in total. The van der Waals surface area contributed by atoms with Crippen molar-refractivity contribution in [2.75, 3.05) is 18.6 Å². The normalized spacial score (nSPS) is 15.1. The fraction of sp³-hybridized carbons (Fsp3) is 0.143. The van der Waals surface area contributed by atoms with Crippen LogP contribution in [-0.4, -0.2) is 42.6 Å². The van der Waals surface area contributed by atoms with Gasteiger partial charge in [-0.05, 0) is 64.9 Å². The second kappa shape index (κ2) is 9.16. The number of carboxylic acid groups (broad SMARTS) is 1. The Morgan fingerprint density at radius 1 is 1.23 bits per heavy atom. The fourth-order valence-electron chi connectivity index (χ4n) is 2.95. The summed E-state index contributed by atoms with van der Waals surface area (Å²) >= 11 is 1.93. The zero-order chi connectivity index (χ0) is 22.7. The summed E-state index contributed by atoms with van der Waals surface area (Å²) in [6.45, 7) is 1.19. The Balaban J connectivity index is 2.01. The summed E-state index contributed by atoms with van der Waals surface area (Å²) in [6.07, 6.45) is 1.33. The minimum absolute atomic E-state index is 0.226. The number of nitrogens with one attached hydrogen (secondary N) is 1. The van der Waals surface area contributed by atoms with Crippen LogP contribution in [0.15, 0.2) is 42.0 Å². The molecule has 1 fully saturated rings. The van der Waals surface area contributed by atoms with Gasteiger partial charge in [-0.2, -0.15) is 0 Å². The highest BCUT2D eigenvalue weighted by atomic mass is 127. The number of benzene rings is 2. The lowest BCUT2D eigenvalue weighted by atomic mass is 10.1. The lowest BCUT2D eigenvalue weighted by molar-refractivity contribution is -0.139. The lowest BCUT2D eigenvalue weighted by Crippen LogP contribution is -2.54. The summed E-state index contributed by atoms with van der Waals surface area (Å²) in [7, 11) is 1.38. The number of halogens is 1. The monoisotopic (exact) mass is 536 g/mol. The number of hydrogen-bond acceptors (Lipinski definition) is 6. The number of anilines is 1. The van der Waals surface area contributed by atoms with Crippen LogP contribution in [0.25, 0.3) is 6.08 Å². The molecule has 0 spiro atoms. The molecule has 2 aromatic rings. The number of rotatable bonds is 6. The van der Waals surface area contributed by atoms with Crippen LogP contribution in [0.4, 0.5) is 10.5 Å². The molecule has 1 aliphatic heterocycles. The van der Waals surface area contributed by atoms with Crippen molar-refractivity contribution in [1.82, 2.24) is 5.32 Å². The third kappa shape index (κ3) is 4.68. The van der Waals surface area contributed by atoms with E-state index in [4.69, 9.17) is 14.6 Å². The van der Waals surface area contributed by atoms with Gasteiger partial charge < -0.3 is 14.6 Å². The van der Waals surface area contributed by atoms with E-state index in [0.29, 0.717) is 20.4 Å². The quantitative estimate of drug-likeness (QED) is 0.331. The zero-order valence-corrected chi connectivity index (χ0v) is 18.6. The summed E-state index contributed by atoms with van der Waals surface area (Å²) in [5, 5.41) is 11.0. The Morgan fingerprint density at radius 2 is 1.94 bits per heavy atom. The molecule has 0 saturated carbocycles. The number of carbonyl (C=O) groups excluding carboxylic acids is 3. The molecule has 31 heavy (non-hydrogen) atoms. The molecular formula is C21H17IN2O7. The third-order valence-corrected chi connectivity index (χ3v) is 5.16. The van der Waals surface area contributed by atoms with Crippen LogP contribution in [0.2, 0.25) is 0 Å². The summed E-state index contributed by atoms with van der Waals surface area (Å²) < 4.78 is 11.0. The van der Waals surface area contributed by atoms with E-state index in [1.165, 1.54) is 19.3 Å². The van der Waals surface area contributed by atoms with Gasteiger partial charge in [-0.25, -0.2) is 14.5 Å². The molecule has 0 aliphatic carbocycles. The molecule has 10 heteroatoms. The van der Waals surface area contributed by atoms with Crippen LogP contribution >= 0.6 is 22.6 Å². The SMILES string of the molecule is COc1cc(/C=C2\C(=O)NC(=O)N(c3ccccc3C)C2=O)cc(I)c1OCC(=O)O. The van der Waals surface area contributed by atoms with Crippen molar-refractivity contribution in [3.8, 4) is 11.5 Å². The van der Waals surface area contributed by atoms with E-state index >= 15 is 0 Å². The van der Waals surface area contributed by atoms with Gasteiger partial charge in [-0.3, -0.25) is 14.9 Å². The van der Waals surface area contributed by atoms with Crippen molar-refractivity contribution in [1.29, 1.82) is 0 Å². The number of ether oxygens (including phenoxy) is 2. The maximum absolute atomic E-state index is 13.0. The molecule has 2 aromatic carbocycles. The van der Waals surface area contributed by atoms with E-state index in [-0.39, 0.29) is 17.1 Å². The van der Waals surface area contributed by atoms with Crippen LogP contribution in [0.1, 0.15) is 11.1 Å². The summed E-state index contributed by atoms with van der Waals surface area (Å²) in [5.41, 5.74) is 1.25. The van der Waals surface area contributed by atoms with Crippen molar-refractivity contribution < 1.29 is 33.8 Å². The van der Waals surface area contributed by atoms with E-state index < -0.39 is 30.4 Å². The summed E-state index contributed by atoms with van der Waals surface area (Å²) in [5.74, 6) is -2.27. The molecule has 1 heterocycles. The first-order valence-corrected chi connectivity index (χ1v) is 10.00. The second-order valence-electron chi connectivity index (χ2n) is 6.46. The lowest BCUT2D eigenvalue weighted by Gasteiger charge is -2.27. The van der Waals surface area contributed by atoms with Gasteiger partial charge in [-0.15, -0.1) is 0 Å². The Kier molecular flexibility index (Phi) is 6.59. The first-order chi connectivity index (χ1) is 14.7. The number of carboxylic acids is 1. The van der Waals surface area contributed by atoms with Gasteiger partial charge >= 0.3 is 12.0 Å². The Morgan fingerprint density at radius 3 is 2.58 bits per heavy atom. The van der Waals surface area contributed by atoms with Crippen molar-refractivity contribution in [3.63, 3.8) is 0 Å². The van der Waals surface area contributed by atoms with Crippen LogP contribution in [0.3, 0.4) is 0 Å². The predicted octanol–water partition coefficient (Wildman–Crippen LogP) is 2.74. The largest absolute Gasteiger partial charge is 0.493 e. The van der Waals surface area contributed by atoms with Gasteiger partial charge in [0, 0.05) is 0 Å². The number of aryl methyl sites for hydroxylation is 1. The molecule has 1 saturated heterocycles. The molecular weight excluding hydrogens is 519 g/mol. The van der Waals surface area contributed by atoms with Gasteiger partial charge in [0.2, 0.25) is 0 Å². The maximum atomic E-state index is 13.0. The minimum atomic E-state index is -1.14. The zero-order valence-electron chi connectivity index (χ0n) is 16.5. The maximum Gasteiger partial charge on any atom is 0.341 e. The van der Waals surface area contributed by atoms with E-state index in [2.05, 4.69) is 5.32 Å². The highest BCUT2D eigenvalue weighted by molar-refractivity contribution is 14.1. The van der Waals surface area contributed by atoms with Gasteiger partial charge in [-0.1, -0.05) is 18.2 Å². The molecule has 9 nitrogen and oxygen atoms in total. The number of methoxy groups -OCH3 is 1. The van der Waals surface area contributed by atoms with E-state index in [9.17, 15) is 19.2 Å². The number of imide groups is 2. The van der Waals surface area contributed by atoms with Gasteiger partial charge in [0.15, 0.2) is 18.1 Å². The average molecular weight is 536 g/mol. The first kappa shape index (κ1) is 22.3. The number of barbiturate groups is 1. The van der Waals surface area contributed by atoms with Crippen LogP contribution < -0.4 is 19.7 Å². The first-order valence-electron chi connectivity index (χ1n) is 8.92. The van der Waals surface area contributed by atoms with E-state index in [1.54, 1.807) is 37.3 Å². The highest BCUT2D eigenvalue weighted by Crippen LogP contribution is 2.35. The molecule has 0 atom stereocenters. The Labute approximate surface area is 190 Å². The van der Waals surface area contributed by atoms with E-state index in [1.807, 2.05) is 22.6 Å². The molecule has 3 rings (SSSR count). The number of nitrogens with zero attached hydrogens (tertiary/aromatic N) is 1. The highest BCUT2D eigenvalue weighted by Gasteiger charge is 2.37. The summed E-state index contributed by atoms with van der Waals surface area (Å²) in [6, 6.07) is 9.09. The molecule has 4 amide bonds. The standard InChI is InChI=1S/C21H17IN2O7/c1-11-5-3-4-6-15(11)24-20(28)13(19(27)23-21(24)29)7-12-8-14(22)18(16(9-12)30-2)31-10-17(25)26/h3-9H,10H2,1-2H3,(H,25,26)(H,23,27,29)/b13-7+. The number of hydrogen-bond donors (Lipinski definition) is 2. The van der Waals surface area contributed by atoms with E-state index in [0.717, 1.165) is 4.90 Å². The van der Waals surface area contributed by atoms with Gasteiger partial charge in [0.25, 0.3) is 11.8 Å². The predicted molar refractivity (Wildman–Crippen MR) is 119 cm³/mol. The van der Waals surface area contributed by atoms with Crippen LogP contribution in [0, 0.1) is 10.5 Å². The Hall–Kier alpha value is -3.41. The number of urea groups is 1. The van der Waals surface area contributed by atoms with Crippen molar-refractivity contribution in [3.05, 3.63) is 56.7 Å². The minimum Gasteiger partial charge on any atom is -0.493 e. The molecule has 0 unspecified atom stereocenters. The van der Waals surface area contributed by atoms with Crippen LogP contribution in [0.5, 0.6) is 11.5 Å². The number of amides is 4. The molecule has 160 valence electrons. The Bertz CT molecular complexity index is 1130. The van der Waals surface area contributed by atoms with Crippen molar-refractivity contribution >= 4 is 58.2 Å².